The fraction of sp³-hybridized carbons (Fsp3) is 0.136. The second-order valence-electron chi connectivity index (χ2n) is 14.5. The van der Waals surface area contributed by atoms with E-state index in [9.17, 15) is 57.5 Å². The van der Waals surface area contributed by atoms with E-state index in [-0.39, 0.29) is 22.0 Å². The first-order chi connectivity index (χ1) is 30.9. The quantitative estimate of drug-likeness (QED) is 0.144. The molecule has 0 aliphatic rings. The number of anilines is 2. The zero-order valence-corrected chi connectivity index (χ0v) is 35.0. The van der Waals surface area contributed by atoms with Crippen LogP contribution in [0.4, 0.5) is 50.9 Å². The number of halogens is 9. The van der Waals surface area contributed by atoms with Crippen LogP contribution in [-0.2, 0) is 28.4 Å². The van der Waals surface area contributed by atoms with Crippen molar-refractivity contribution in [2.24, 2.45) is 0 Å². The van der Waals surface area contributed by atoms with Crippen LogP contribution in [0, 0.1) is 0 Å². The molecule has 4 aromatic heterocycles. The molecule has 0 spiro atoms. The van der Waals surface area contributed by atoms with Gasteiger partial charge in [0.15, 0.2) is 21.1 Å². The monoisotopic (exact) mass is 938 g/mol. The maximum atomic E-state index is 13.0. The number of alkyl halides is 9. The smallest absolute Gasteiger partial charge is 0.310 e. The Morgan fingerprint density at radius 2 is 0.803 bits per heavy atom. The molecule has 22 heteroatoms. The van der Waals surface area contributed by atoms with E-state index in [4.69, 9.17) is 0 Å². The molecule has 0 bridgehead atoms. The predicted octanol–water partition coefficient (Wildman–Crippen LogP) is 9.81. The minimum Gasteiger partial charge on any atom is -0.310 e. The minimum absolute atomic E-state index is 0.0314. The van der Waals surface area contributed by atoms with Crippen molar-refractivity contribution < 1.29 is 57.5 Å². The van der Waals surface area contributed by atoms with Gasteiger partial charge in [0.05, 0.1) is 57.8 Å². The summed E-state index contributed by atoms with van der Waals surface area (Å²) in [5, 5.41) is 0. The molecule has 0 fully saturated rings. The van der Waals surface area contributed by atoms with Crippen LogP contribution in [0.5, 0.6) is 0 Å². The van der Waals surface area contributed by atoms with E-state index in [1.54, 1.807) is 4.40 Å². The third kappa shape index (κ3) is 9.87. The number of imidazole rings is 2. The Kier molecular flexibility index (Phi) is 12.2. The SMILES string of the molecule is CN(C(=O)c1cn2c(-c3ccc(C(F)(F)F)cc3)cnc2cn1)c1ccc(C(F)(F)F)cc1.CN(C(=O)c1cn2c(-c3ccc(C(F)(F)F)cc3)cnc2cn1)c1ccc(S(C)(=O)=O)cc1. The largest absolute Gasteiger partial charge is 0.416 e. The van der Waals surface area contributed by atoms with Crippen molar-refractivity contribution in [2.75, 3.05) is 30.2 Å². The fourth-order valence-corrected chi connectivity index (χ4v) is 7.09. The van der Waals surface area contributed by atoms with Crippen molar-refractivity contribution in [1.82, 2.24) is 28.7 Å². The number of sulfone groups is 1. The van der Waals surface area contributed by atoms with Gasteiger partial charge in [-0.25, -0.2) is 28.4 Å². The van der Waals surface area contributed by atoms with Gasteiger partial charge in [0.1, 0.15) is 11.4 Å². The summed E-state index contributed by atoms with van der Waals surface area (Å²) >= 11 is 0. The van der Waals surface area contributed by atoms with Crippen LogP contribution in [0.15, 0.2) is 139 Å². The van der Waals surface area contributed by atoms with Crippen molar-refractivity contribution in [3.63, 3.8) is 0 Å². The minimum atomic E-state index is -4.50. The molecular weight excluding hydrogens is 908 g/mol. The number of rotatable bonds is 7. The first kappa shape index (κ1) is 46.4. The molecule has 0 saturated carbocycles. The lowest BCUT2D eigenvalue weighted by Gasteiger charge is -2.18. The van der Waals surface area contributed by atoms with Crippen molar-refractivity contribution in [1.29, 1.82) is 0 Å². The molecule has 0 unspecified atom stereocenters. The van der Waals surface area contributed by atoms with Gasteiger partial charge >= 0.3 is 18.5 Å². The highest BCUT2D eigenvalue weighted by Crippen LogP contribution is 2.34. The Morgan fingerprint density at radius 3 is 1.12 bits per heavy atom. The maximum absolute atomic E-state index is 13.0. The number of hydrogen-bond donors (Lipinski definition) is 0. The predicted molar refractivity (Wildman–Crippen MR) is 223 cm³/mol. The van der Waals surface area contributed by atoms with E-state index in [1.807, 2.05) is 0 Å². The van der Waals surface area contributed by atoms with E-state index >= 15 is 0 Å². The fourth-order valence-electron chi connectivity index (χ4n) is 6.46. The number of amides is 2. The zero-order valence-electron chi connectivity index (χ0n) is 34.2. The highest BCUT2D eigenvalue weighted by Gasteiger charge is 2.32. The molecule has 66 heavy (non-hydrogen) atoms. The highest BCUT2D eigenvalue weighted by molar-refractivity contribution is 7.90. The molecule has 12 nitrogen and oxygen atoms in total. The molecule has 0 saturated heterocycles. The molecule has 0 radical (unpaired) electrons. The van der Waals surface area contributed by atoms with Crippen LogP contribution >= 0.6 is 0 Å². The maximum Gasteiger partial charge on any atom is 0.416 e. The lowest BCUT2D eigenvalue weighted by atomic mass is 10.1. The summed E-state index contributed by atoms with van der Waals surface area (Å²) in [6.07, 6.45) is -3.84. The molecule has 340 valence electrons. The summed E-state index contributed by atoms with van der Waals surface area (Å²) in [6.45, 7) is 0. The summed E-state index contributed by atoms with van der Waals surface area (Å²) in [5.41, 5.74) is 0.970. The number of hydrogen-bond acceptors (Lipinski definition) is 8. The van der Waals surface area contributed by atoms with Gasteiger partial charge in [0.2, 0.25) is 0 Å². The van der Waals surface area contributed by atoms with Gasteiger partial charge in [-0.2, -0.15) is 39.5 Å². The summed E-state index contributed by atoms with van der Waals surface area (Å²) < 4.78 is 142. The van der Waals surface area contributed by atoms with Crippen LogP contribution in [0.25, 0.3) is 33.8 Å². The van der Waals surface area contributed by atoms with Crippen LogP contribution in [0.3, 0.4) is 0 Å². The lowest BCUT2D eigenvalue weighted by Crippen LogP contribution is -2.27. The first-order valence-electron chi connectivity index (χ1n) is 18.9. The van der Waals surface area contributed by atoms with Gasteiger partial charge in [0.25, 0.3) is 11.8 Å². The second kappa shape index (κ2) is 17.4. The second-order valence-corrected chi connectivity index (χ2v) is 16.5. The van der Waals surface area contributed by atoms with Crippen molar-refractivity contribution >= 4 is 44.3 Å². The third-order valence-electron chi connectivity index (χ3n) is 10.1. The molecule has 0 aliphatic heterocycles. The number of carbonyl (C=O) groups is 2. The Bertz CT molecular complexity index is 3190. The number of aromatic nitrogens is 6. The van der Waals surface area contributed by atoms with E-state index in [2.05, 4.69) is 19.9 Å². The normalized spacial score (nSPS) is 12.2. The van der Waals surface area contributed by atoms with E-state index in [0.717, 1.165) is 47.6 Å². The summed E-state index contributed by atoms with van der Waals surface area (Å²) in [5.74, 6) is -1.06. The first-order valence-corrected chi connectivity index (χ1v) is 20.8. The standard InChI is InChI=1S/C22H14F6N4O.C22H17F3N4O3S/c1-31(16-8-6-15(7-9-16)22(26,27)28)20(33)17-12-32-18(10-30-19(32)11-29-17)13-2-4-14(5-3-13)21(23,24)25;1-28(16-7-9-17(10-8-16)33(2,31)32)21(30)18-13-29-19(11-27-20(29)12-26-18)14-3-5-15(6-4-14)22(23,24)25/h2-12H,1H3;3-13H,1-2H3. The molecule has 4 heterocycles. The van der Waals surface area contributed by atoms with Crippen LogP contribution < -0.4 is 9.80 Å². The number of nitrogens with zero attached hydrogens (tertiary/aromatic N) is 8. The van der Waals surface area contributed by atoms with Crippen molar-refractivity contribution in [3.8, 4) is 22.5 Å². The molecule has 0 aliphatic carbocycles. The number of fused-ring (bicyclic) bond motifs is 2. The topological polar surface area (TPSA) is 135 Å². The van der Waals surface area contributed by atoms with Crippen LogP contribution in [0.2, 0.25) is 0 Å². The van der Waals surface area contributed by atoms with Crippen molar-refractivity contribution in [3.05, 3.63) is 162 Å². The lowest BCUT2D eigenvalue weighted by molar-refractivity contribution is -0.138. The summed E-state index contributed by atoms with van der Waals surface area (Å²) in [7, 11) is -0.454. The zero-order chi connectivity index (χ0) is 47.9. The Labute approximate surface area is 368 Å². The Hall–Kier alpha value is -7.62. The van der Waals surface area contributed by atoms with E-state index < -0.39 is 56.9 Å². The summed E-state index contributed by atoms with van der Waals surface area (Å²) in [4.78, 5) is 45.0. The van der Waals surface area contributed by atoms with Gasteiger partial charge in [-0.15, -0.1) is 0 Å². The van der Waals surface area contributed by atoms with Crippen LogP contribution in [0.1, 0.15) is 37.7 Å². The molecule has 0 N–H and O–H groups in total. The van der Waals surface area contributed by atoms with E-state index in [0.29, 0.717) is 39.5 Å². The highest BCUT2D eigenvalue weighted by atomic mass is 32.2. The third-order valence-corrected chi connectivity index (χ3v) is 11.2. The van der Waals surface area contributed by atoms with E-state index in [1.165, 1.54) is 121 Å². The average Bonchev–Trinajstić information content (AvgIpc) is 3.91. The molecular formula is C44H31F9N8O4S. The van der Waals surface area contributed by atoms with Crippen LogP contribution in [-0.4, -0.2) is 69.3 Å². The van der Waals surface area contributed by atoms with Gasteiger partial charge in [-0.05, 0) is 72.8 Å². The summed E-state index contributed by atoms with van der Waals surface area (Å²) in [6, 6.07) is 19.0. The number of benzene rings is 4. The van der Waals surface area contributed by atoms with Gasteiger partial charge in [-0.3, -0.25) is 18.4 Å². The molecule has 0 atom stereocenters. The molecule has 8 aromatic rings. The Morgan fingerprint density at radius 1 is 0.485 bits per heavy atom. The Balaban J connectivity index is 0.000000196. The molecule has 4 aromatic carbocycles. The number of carbonyl (C=O) groups excluding carboxylic acids is 2. The van der Waals surface area contributed by atoms with Gasteiger partial charge in [0, 0.05) is 55.2 Å². The van der Waals surface area contributed by atoms with Gasteiger partial charge < -0.3 is 9.80 Å². The van der Waals surface area contributed by atoms with Gasteiger partial charge in [-0.1, -0.05) is 24.3 Å². The van der Waals surface area contributed by atoms with Crippen molar-refractivity contribution in [2.45, 2.75) is 23.4 Å². The molecule has 2 amide bonds. The molecule has 8 rings (SSSR count). The average molecular weight is 939 g/mol.